The van der Waals surface area contributed by atoms with Gasteiger partial charge >= 0.3 is 6.09 Å². The van der Waals surface area contributed by atoms with Crippen LogP contribution in [0.5, 0.6) is 0 Å². The number of rotatable bonds is 12. The van der Waals surface area contributed by atoms with E-state index in [1.54, 1.807) is 0 Å². The first-order valence-corrected chi connectivity index (χ1v) is 18.0. The van der Waals surface area contributed by atoms with E-state index in [-0.39, 0.29) is 35.5 Å². The van der Waals surface area contributed by atoms with Gasteiger partial charge in [0.25, 0.3) is 0 Å². The second kappa shape index (κ2) is 15.9. The van der Waals surface area contributed by atoms with Gasteiger partial charge in [0.1, 0.15) is 29.6 Å². The largest absolute Gasteiger partial charge is 0.449 e. The minimum absolute atomic E-state index is 0.0894. The highest BCUT2D eigenvalue weighted by Crippen LogP contribution is 2.44. The highest BCUT2D eigenvalue weighted by Gasteiger charge is 2.33. The molecule has 0 aromatic heterocycles. The number of nitrogens with zero attached hydrogens (tertiary/aromatic N) is 1. The normalized spacial score (nSPS) is 15.7. The molecule has 3 aromatic rings. The Morgan fingerprint density at radius 3 is 1.98 bits per heavy atom. The quantitative estimate of drug-likeness (QED) is 0.230. The number of ether oxygens (including phenoxy) is 1. The Balaban J connectivity index is 1.25. The number of amides is 3. The van der Waals surface area contributed by atoms with E-state index < -0.39 is 46.5 Å². The Bertz CT molecular complexity index is 1700. The van der Waals surface area contributed by atoms with Crippen molar-refractivity contribution in [3.05, 3.63) is 95.6 Å². The maximum atomic E-state index is 13.6. The first-order valence-electron chi connectivity index (χ1n) is 16.4. The SMILES string of the molecule is CC(NC(=O)C(Cc1ccccc1)NC(=O)OCC1c2ccccc2-c2ccccc21)C(=O)NC(C(=O)C(C#N)=S1CCCC1)C(C)C. The maximum Gasteiger partial charge on any atom is 0.407 e. The number of nitriles is 1. The van der Waals surface area contributed by atoms with E-state index in [2.05, 4.69) is 34.2 Å². The number of hydrogen-bond donors (Lipinski definition) is 3. The monoisotopic (exact) mass is 666 g/mol. The zero-order valence-electron chi connectivity index (χ0n) is 27.5. The van der Waals surface area contributed by atoms with Gasteiger partial charge in [0, 0.05) is 12.3 Å². The van der Waals surface area contributed by atoms with Crippen molar-refractivity contribution in [2.45, 2.75) is 64.1 Å². The zero-order valence-corrected chi connectivity index (χ0v) is 28.3. The fraction of sp³-hybridized carbons (Fsp3) is 0.368. The Morgan fingerprint density at radius 1 is 0.812 bits per heavy atom. The molecule has 3 atom stereocenters. The predicted molar refractivity (Wildman–Crippen MR) is 189 cm³/mol. The summed E-state index contributed by atoms with van der Waals surface area (Å²) in [6, 6.07) is 24.5. The molecule has 5 rings (SSSR count). The van der Waals surface area contributed by atoms with Crippen LogP contribution < -0.4 is 16.0 Å². The van der Waals surface area contributed by atoms with Crippen molar-refractivity contribution in [3.8, 4) is 17.2 Å². The zero-order chi connectivity index (χ0) is 34.2. The molecule has 1 aliphatic carbocycles. The first-order chi connectivity index (χ1) is 23.2. The summed E-state index contributed by atoms with van der Waals surface area (Å²) in [6.45, 7) is 5.24. The number of Topliss-reactive ketones (excluding diaryl/α,β-unsaturated/α-hetero) is 1. The van der Waals surface area contributed by atoms with E-state index in [1.165, 1.54) is 6.92 Å². The average molecular weight is 667 g/mol. The van der Waals surface area contributed by atoms with Crippen LogP contribution in [0.2, 0.25) is 0 Å². The van der Waals surface area contributed by atoms with Crippen LogP contribution in [-0.2, 0) is 25.5 Å². The molecule has 48 heavy (non-hydrogen) atoms. The third kappa shape index (κ3) is 8.03. The van der Waals surface area contributed by atoms with Crippen molar-refractivity contribution >= 4 is 39.0 Å². The summed E-state index contributed by atoms with van der Waals surface area (Å²) in [4.78, 5) is 53.7. The van der Waals surface area contributed by atoms with Gasteiger partial charge in [-0.3, -0.25) is 14.4 Å². The summed E-state index contributed by atoms with van der Waals surface area (Å²) in [7, 11) is -0.390. The molecular formula is C38H42N4O5S. The molecule has 3 amide bonds. The van der Waals surface area contributed by atoms with Crippen LogP contribution in [0, 0.1) is 17.2 Å². The van der Waals surface area contributed by atoms with Crippen molar-refractivity contribution < 1.29 is 23.9 Å². The lowest BCUT2D eigenvalue weighted by Crippen LogP contribution is -2.56. The number of fused-ring (bicyclic) bond motifs is 3. The van der Waals surface area contributed by atoms with Crippen molar-refractivity contribution in [1.29, 1.82) is 5.26 Å². The van der Waals surface area contributed by atoms with Crippen molar-refractivity contribution in [3.63, 3.8) is 0 Å². The van der Waals surface area contributed by atoms with Crippen LogP contribution in [0.25, 0.3) is 11.1 Å². The molecular weight excluding hydrogens is 625 g/mol. The van der Waals surface area contributed by atoms with Gasteiger partial charge in [0.05, 0.1) is 6.04 Å². The lowest BCUT2D eigenvalue weighted by molar-refractivity contribution is -0.131. The smallest absolute Gasteiger partial charge is 0.407 e. The van der Waals surface area contributed by atoms with Gasteiger partial charge < -0.3 is 20.7 Å². The number of alkyl carbamates (subject to hydrolysis) is 1. The van der Waals surface area contributed by atoms with E-state index >= 15 is 0 Å². The Morgan fingerprint density at radius 2 is 1.40 bits per heavy atom. The topological polar surface area (TPSA) is 137 Å². The average Bonchev–Trinajstić information content (AvgIpc) is 3.73. The molecule has 0 spiro atoms. The number of nitrogens with one attached hydrogen (secondary N) is 3. The minimum atomic E-state index is -1.04. The van der Waals surface area contributed by atoms with E-state index in [0.29, 0.717) is 0 Å². The van der Waals surface area contributed by atoms with E-state index in [9.17, 15) is 24.4 Å². The van der Waals surface area contributed by atoms with Crippen LogP contribution in [0.1, 0.15) is 56.2 Å². The molecule has 2 aliphatic rings. The van der Waals surface area contributed by atoms with Gasteiger partial charge in [-0.25, -0.2) is 4.79 Å². The summed E-state index contributed by atoms with van der Waals surface area (Å²) in [5.74, 6) is -0.249. The molecule has 0 saturated carbocycles. The highest BCUT2D eigenvalue weighted by atomic mass is 32.2. The van der Waals surface area contributed by atoms with Gasteiger partial charge in [-0.1, -0.05) is 92.7 Å². The first kappa shape index (κ1) is 34.6. The van der Waals surface area contributed by atoms with E-state index in [4.69, 9.17) is 4.74 Å². The number of hydrogen-bond acceptors (Lipinski definition) is 6. The van der Waals surface area contributed by atoms with Crippen molar-refractivity contribution in [2.24, 2.45) is 5.92 Å². The molecule has 9 nitrogen and oxygen atoms in total. The van der Waals surface area contributed by atoms with Crippen LogP contribution in [0.3, 0.4) is 0 Å². The maximum absolute atomic E-state index is 13.6. The molecule has 3 N–H and O–H groups in total. The number of carbonyl (C=O) groups is 4. The van der Waals surface area contributed by atoms with Crippen LogP contribution in [0.15, 0.2) is 78.9 Å². The second-order valence-electron chi connectivity index (χ2n) is 12.6. The summed E-state index contributed by atoms with van der Waals surface area (Å²) in [5, 5.41) is 18.0. The molecule has 1 fully saturated rings. The van der Waals surface area contributed by atoms with Crippen LogP contribution in [-0.4, -0.2) is 64.8 Å². The lowest BCUT2D eigenvalue weighted by Gasteiger charge is -2.25. The van der Waals surface area contributed by atoms with Crippen molar-refractivity contribution in [1.82, 2.24) is 16.0 Å². The molecule has 1 saturated heterocycles. The second-order valence-corrected chi connectivity index (χ2v) is 14.8. The van der Waals surface area contributed by atoms with Gasteiger partial charge in [0.2, 0.25) is 17.6 Å². The Kier molecular flexibility index (Phi) is 11.5. The third-order valence-corrected chi connectivity index (χ3v) is 11.3. The molecule has 10 heteroatoms. The van der Waals surface area contributed by atoms with Crippen LogP contribution >= 0.6 is 10.5 Å². The van der Waals surface area contributed by atoms with Gasteiger partial charge in [0.15, 0.2) is 0 Å². The van der Waals surface area contributed by atoms with E-state index in [1.807, 2.05) is 80.6 Å². The van der Waals surface area contributed by atoms with Gasteiger partial charge in [-0.2, -0.15) is 15.7 Å². The minimum Gasteiger partial charge on any atom is -0.449 e. The Hall–Kier alpha value is -4.75. The summed E-state index contributed by atoms with van der Waals surface area (Å²) < 4.78 is 5.72. The van der Waals surface area contributed by atoms with Crippen molar-refractivity contribution in [2.75, 3.05) is 18.1 Å². The summed E-state index contributed by atoms with van der Waals surface area (Å²) >= 11 is 0. The molecule has 0 bridgehead atoms. The van der Waals surface area contributed by atoms with Crippen LogP contribution in [0.4, 0.5) is 4.79 Å². The highest BCUT2D eigenvalue weighted by molar-refractivity contribution is 8.17. The molecule has 250 valence electrons. The fourth-order valence-electron chi connectivity index (χ4n) is 6.30. The van der Waals surface area contributed by atoms with Gasteiger partial charge in [-0.15, -0.1) is 0 Å². The molecule has 1 aliphatic heterocycles. The molecule has 3 aromatic carbocycles. The van der Waals surface area contributed by atoms with E-state index in [0.717, 1.165) is 52.2 Å². The number of ketones is 1. The molecule has 1 heterocycles. The Labute approximate surface area is 284 Å². The number of carbonyl (C=O) groups excluding carboxylic acids is 4. The summed E-state index contributed by atoms with van der Waals surface area (Å²) in [6.07, 6.45) is 1.39. The molecule has 0 radical (unpaired) electrons. The fourth-order valence-corrected chi connectivity index (χ4v) is 8.55. The summed E-state index contributed by atoms with van der Waals surface area (Å²) in [5.41, 5.74) is 5.18. The third-order valence-electron chi connectivity index (χ3n) is 8.88. The van der Waals surface area contributed by atoms with Gasteiger partial charge in [-0.05, 0) is 65.0 Å². The predicted octanol–water partition coefficient (Wildman–Crippen LogP) is 5.11. The standard InChI is InChI=1S/C38H42N4O5S/c1-24(2)34(35(43)33(22-39)48-19-11-12-20-48)42-36(44)25(3)40-37(45)32(21-26-13-5-4-6-14-26)41-38(46)47-23-31-29-17-9-7-15-27(29)28-16-8-10-18-30(28)31/h4-10,13-18,24-25,31-32,34H,11-12,19-21,23H2,1-3H3,(H,40,45)(H,41,46)(H,42,44). The number of benzene rings is 3. The molecule has 3 unspecified atom stereocenters. The lowest BCUT2D eigenvalue weighted by atomic mass is 9.97.